The van der Waals surface area contributed by atoms with Crippen molar-refractivity contribution in [2.45, 2.75) is 52.4 Å². The average Bonchev–Trinajstić information content (AvgIpc) is 2.34. The van der Waals surface area contributed by atoms with Gasteiger partial charge in [-0.1, -0.05) is 19.8 Å². The van der Waals surface area contributed by atoms with Gasteiger partial charge in [0.1, 0.15) is 5.78 Å². The number of carbonyl (C=O) groups excluding carboxylic acids is 2. The van der Waals surface area contributed by atoms with E-state index in [0.29, 0.717) is 12.8 Å². The Labute approximate surface area is 111 Å². The fourth-order valence-electron chi connectivity index (χ4n) is 1.80. The third kappa shape index (κ3) is 9.16. The zero-order chi connectivity index (χ0) is 13.8. The number of hydrogen-bond donors (Lipinski definition) is 1. The monoisotopic (exact) mass is 256 g/mol. The highest BCUT2D eigenvalue weighted by Crippen LogP contribution is 2.04. The Balaban J connectivity index is 4.07. The molecule has 18 heavy (non-hydrogen) atoms. The van der Waals surface area contributed by atoms with Crippen molar-refractivity contribution in [3.8, 4) is 0 Å². The molecule has 0 aromatic heterocycles. The summed E-state index contributed by atoms with van der Waals surface area (Å²) >= 11 is 0. The van der Waals surface area contributed by atoms with Gasteiger partial charge in [-0.3, -0.25) is 4.79 Å². The van der Waals surface area contributed by atoms with Crippen LogP contribution in [0.2, 0.25) is 0 Å². The van der Waals surface area contributed by atoms with Crippen LogP contribution in [0.15, 0.2) is 0 Å². The largest absolute Gasteiger partial charge is 0.343 e. The van der Waals surface area contributed by atoms with Crippen LogP contribution in [-0.2, 0) is 9.59 Å². The Bertz CT molecular complexity index is 232. The van der Waals surface area contributed by atoms with Gasteiger partial charge in [-0.05, 0) is 33.4 Å². The van der Waals surface area contributed by atoms with Gasteiger partial charge in [0, 0.05) is 25.9 Å². The van der Waals surface area contributed by atoms with E-state index in [4.69, 9.17) is 0 Å². The SMILES string of the molecule is CCCCCN(CCCNC)C(=O)CCC(C)=O. The fourth-order valence-corrected chi connectivity index (χ4v) is 1.80. The Morgan fingerprint density at radius 3 is 2.28 bits per heavy atom. The van der Waals surface area contributed by atoms with Gasteiger partial charge in [0.25, 0.3) is 0 Å². The number of carbonyl (C=O) groups is 2. The van der Waals surface area contributed by atoms with E-state index in [0.717, 1.165) is 45.3 Å². The molecule has 0 atom stereocenters. The van der Waals surface area contributed by atoms with Crippen molar-refractivity contribution in [2.75, 3.05) is 26.7 Å². The second-order valence-corrected chi connectivity index (χ2v) is 4.75. The molecule has 0 spiro atoms. The average molecular weight is 256 g/mol. The molecule has 0 heterocycles. The summed E-state index contributed by atoms with van der Waals surface area (Å²) in [5, 5.41) is 3.09. The first kappa shape index (κ1) is 17.1. The van der Waals surface area contributed by atoms with E-state index in [1.165, 1.54) is 6.92 Å². The molecular weight excluding hydrogens is 228 g/mol. The number of hydrogen-bond acceptors (Lipinski definition) is 3. The maximum absolute atomic E-state index is 12.0. The number of amides is 1. The predicted molar refractivity (Wildman–Crippen MR) is 74.6 cm³/mol. The Hall–Kier alpha value is -0.900. The zero-order valence-corrected chi connectivity index (χ0v) is 12.1. The van der Waals surface area contributed by atoms with Crippen LogP contribution in [0.5, 0.6) is 0 Å². The van der Waals surface area contributed by atoms with Crippen molar-refractivity contribution >= 4 is 11.7 Å². The van der Waals surface area contributed by atoms with Crippen LogP contribution in [0.4, 0.5) is 0 Å². The fraction of sp³-hybridized carbons (Fsp3) is 0.857. The van der Waals surface area contributed by atoms with Crippen LogP contribution < -0.4 is 5.32 Å². The lowest BCUT2D eigenvalue weighted by atomic mass is 10.2. The molecule has 1 N–H and O–H groups in total. The number of unbranched alkanes of at least 4 members (excludes halogenated alkanes) is 2. The first-order chi connectivity index (χ1) is 8.61. The van der Waals surface area contributed by atoms with Crippen LogP contribution in [0.1, 0.15) is 52.4 Å². The summed E-state index contributed by atoms with van der Waals surface area (Å²) in [5.41, 5.74) is 0. The zero-order valence-electron chi connectivity index (χ0n) is 12.1. The summed E-state index contributed by atoms with van der Waals surface area (Å²) in [7, 11) is 1.92. The lowest BCUT2D eigenvalue weighted by molar-refractivity contribution is -0.133. The highest BCUT2D eigenvalue weighted by molar-refractivity contribution is 5.83. The summed E-state index contributed by atoms with van der Waals surface area (Å²) in [4.78, 5) is 24.8. The molecule has 0 aliphatic rings. The van der Waals surface area contributed by atoms with Gasteiger partial charge in [0.15, 0.2) is 0 Å². The van der Waals surface area contributed by atoms with Gasteiger partial charge in [-0.2, -0.15) is 0 Å². The summed E-state index contributed by atoms with van der Waals surface area (Å²) in [6.07, 6.45) is 5.07. The lowest BCUT2D eigenvalue weighted by Crippen LogP contribution is -2.34. The van der Waals surface area contributed by atoms with Gasteiger partial charge >= 0.3 is 0 Å². The molecule has 0 aliphatic heterocycles. The molecule has 0 bridgehead atoms. The van der Waals surface area contributed by atoms with Gasteiger partial charge in [-0.15, -0.1) is 0 Å². The van der Waals surface area contributed by atoms with Crippen molar-refractivity contribution in [1.29, 1.82) is 0 Å². The van der Waals surface area contributed by atoms with Crippen LogP contribution in [0.3, 0.4) is 0 Å². The van der Waals surface area contributed by atoms with Gasteiger partial charge in [-0.25, -0.2) is 0 Å². The maximum Gasteiger partial charge on any atom is 0.223 e. The Morgan fingerprint density at radius 1 is 1.06 bits per heavy atom. The Morgan fingerprint density at radius 2 is 1.72 bits per heavy atom. The molecule has 1 amide bonds. The molecule has 0 saturated heterocycles. The van der Waals surface area contributed by atoms with Crippen LogP contribution in [-0.4, -0.2) is 43.3 Å². The molecule has 0 radical (unpaired) electrons. The molecular formula is C14H28N2O2. The quantitative estimate of drug-likeness (QED) is 0.575. The molecule has 0 unspecified atom stereocenters. The molecule has 0 saturated carbocycles. The summed E-state index contributed by atoms with van der Waals surface area (Å²) in [6, 6.07) is 0. The van der Waals surface area contributed by atoms with Gasteiger partial charge in [0.05, 0.1) is 0 Å². The van der Waals surface area contributed by atoms with Crippen molar-refractivity contribution in [1.82, 2.24) is 10.2 Å². The van der Waals surface area contributed by atoms with E-state index in [9.17, 15) is 9.59 Å². The lowest BCUT2D eigenvalue weighted by Gasteiger charge is -2.22. The summed E-state index contributed by atoms with van der Waals surface area (Å²) < 4.78 is 0. The normalized spacial score (nSPS) is 10.4. The van der Waals surface area contributed by atoms with Crippen molar-refractivity contribution in [2.24, 2.45) is 0 Å². The van der Waals surface area contributed by atoms with Crippen molar-refractivity contribution in [3.05, 3.63) is 0 Å². The van der Waals surface area contributed by atoms with Crippen molar-refractivity contribution in [3.63, 3.8) is 0 Å². The summed E-state index contributed by atoms with van der Waals surface area (Å²) in [6.45, 7) is 6.23. The molecule has 4 nitrogen and oxygen atoms in total. The molecule has 0 aromatic carbocycles. The van der Waals surface area contributed by atoms with E-state index >= 15 is 0 Å². The minimum atomic E-state index is 0.0899. The maximum atomic E-state index is 12.0. The van der Waals surface area contributed by atoms with Crippen LogP contribution >= 0.6 is 0 Å². The smallest absolute Gasteiger partial charge is 0.223 e. The van der Waals surface area contributed by atoms with E-state index in [1.807, 2.05) is 11.9 Å². The second-order valence-electron chi connectivity index (χ2n) is 4.75. The topological polar surface area (TPSA) is 49.4 Å². The van der Waals surface area contributed by atoms with Crippen LogP contribution in [0, 0.1) is 0 Å². The second kappa shape index (κ2) is 11.2. The first-order valence-electron chi connectivity index (χ1n) is 7.03. The number of nitrogens with one attached hydrogen (secondary N) is 1. The molecule has 0 fully saturated rings. The third-order valence-corrected chi connectivity index (χ3v) is 2.93. The molecule has 0 rings (SSSR count). The minimum Gasteiger partial charge on any atom is -0.343 e. The van der Waals surface area contributed by atoms with Crippen LogP contribution in [0.25, 0.3) is 0 Å². The molecule has 4 heteroatoms. The minimum absolute atomic E-state index is 0.0899. The van der Waals surface area contributed by atoms with E-state index < -0.39 is 0 Å². The molecule has 106 valence electrons. The highest BCUT2D eigenvalue weighted by Gasteiger charge is 2.13. The van der Waals surface area contributed by atoms with E-state index in [2.05, 4.69) is 12.2 Å². The Kier molecular flexibility index (Phi) is 10.6. The van der Waals surface area contributed by atoms with Gasteiger partial charge in [0.2, 0.25) is 5.91 Å². The summed E-state index contributed by atoms with van der Waals surface area (Å²) in [5.74, 6) is 0.212. The van der Waals surface area contributed by atoms with E-state index in [1.54, 1.807) is 0 Å². The number of Topliss-reactive ketones (excluding diaryl/α,β-unsaturated/α-hetero) is 1. The van der Waals surface area contributed by atoms with E-state index in [-0.39, 0.29) is 11.7 Å². The van der Waals surface area contributed by atoms with Crippen molar-refractivity contribution < 1.29 is 9.59 Å². The predicted octanol–water partition coefficient (Wildman–Crippen LogP) is 1.98. The standard InChI is InChI=1S/C14H28N2O2/c1-4-5-6-11-16(12-7-10-15-3)14(18)9-8-13(2)17/h15H,4-12H2,1-3H3. The number of ketones is 1. The number of rotatable bonds is 11. The third-order valence-electron chi connectivity index (χ3n) is 2.93. The molecule has 0 aliphatic carbocycles. The first-order valence-corrected chi connectivity index (χ1v) is 7.03. The highest BCUT2D eigenvalue weighted by atomic mass is 16.2. The molecule has 0 aromatic rings. The number of nitrogens with zero attached hydrogens (tertiary/aromatic N) is 1. The van der Waals surface area contributed by atoms with Gasteiger partial charge < -0.3 is 15.0 Å².